The number of nitriles is 1. The second kappa shape index (κ2) is 4.53. The molecule has 0 saturated heterocycles. The lowest BCUT2D eigenvalue weighted by Gasteiger charge is -2.15. The summed E-state index contributed by atoms with van der Waals surface area (Å²) in [5.74, 6) is -1.04. The summed E-state index contributed by atoms with van der Waals surface area (Å²) < 4.78 is 62.4. The van der Waals surface area contributed by atoms with E-state index in [0.717, 1.165) is 0 Å². The maximum atomic E-state index is 12.5. The number of pyridine rings is 1. The fourth-order valence-electron chi connectivity index (χ4n) is 1.29. The standard InChI is InChI=1S/C9H6F5N3/c10-7(11)5-3-4(1-2-15)17-8(16)6(5)9(12,13)14/h3,7H,1H2,(H2,16,17). The van der Waals surface area contributed by atoms with E-state index in [2.05, 4.69) is 4.98 Å². The molecule has 1 rings (SSSR count). The highest BCUT2D eigenvalue weighted by Crippen LogP contribution is 2.39. The first-order valence-electron chi connectivity index (χ1n) is 4.29. The number of hydrogen-bond acceptors (Lipinski definition) is 3. The van der Waals surface area contributed by atoms with Gasteiger partial charge in [0.15, 0.2) is 0 Å². The smallest absolute Gasteiger partial charge is 0.383 e. The molecule has 0 saturated carbocycles. The van der Waals surface area contributed by atoms with E-state index in [1.165, 1.54) is 0 Å². The highest BCUT2D eigenvalue weighted by atomic mass is 19.4. The number of anilines is 1. The van der Waals surface area contributed by atoms with Crippen LogP contribution in [0.15, 0.2) is 6.07 Å². The molecule has 92 valence electrons. The van der Waals surface area contributed by atoms with Crippen molar-refractivity contribution in [2.24, 2.45) is 0 Å². The first kappa shape index (κ1) is 13.2. The van der Waals surface area contributed by atoms with E-state index in [1.807, 2.05) is 0 Å². The van der Waals surface area contributed by atoms with Crippen molar-refractivity contribution in [2.75, 3.05) is 5.73 Å². The minimum absolute atomic E-state index is 0.215. The Morgan fingerprint density at radius 2 is 2.00 bits per heavy atom. The number of aromatic nitrogens is 1. The van der Waals surface area contributed by atoms with Crippen LogP contribution in [0, 0.1) is 11.3 Å². The molecule has 0 fully saturated rings. The number of rotatable bonds is 2. The van der Waals surface area contributed by atoms with E-state index in [0.29, 0.717) is 6.07 Å². The Balaban J connectivity index is 3.45. The maximum absolute atomic E-state index is 12.5. The fourth-order valence-corrected chi connectivity index (χ4v) is 1.29. The van der Waals surface area contributed by atoms with Gasteiger partial charge in [-0.3, -0.25) is 0 Å². The summed E-state index contributed by atoms with van der Waals surface area (Å²) in [6.07, 6.45) is -8.73. The minimum atomic E-state index is -5.01. The molecule has 0 spiro atoms. The molecule has 17 heavy (non-hydrogen) atoms. The zero-order valence-electron chi connectivity index (χ0n) is 8.22. The Morgan fingerprint density at radius 3 is 2.41 bits per heavy atom. The van der Waals surface area contributed by atoms with Gasteiger partial charge in [-0.2, -0.15) is 18.4 Å². The van der Waals surface area contributed by atoms with Gasteiger partial charge in [0.25, 0.3) is 6.43 Å². The van der Waals surface area contributed by atoms with E-state index < -0.39 is 29.5 Å². The Labute approximate surface area is 92.7 Å². The summed E-state index contributed by atoms with van der Waals surface area (Å²) in [5, 5.41) is 8.33. The Bertz CT molecular complexity index is 461. The van der Waals surface area contributed by atoms with Crippen LogP contribution in [0.25, 0.3) is 0 Å². The molecule has 8 heteroatoms. The number of nitrogen functional groups attached to an aromatic ring is 1. The SMILES string of the molecule is N#CCc1cc(C(F)F)c(C(F)(F)F)c(N)n1. The predicted octanol–water partition coefficient (Wildman–Crippen LogP) is 2.69. The van der Waals surface area contributed by atoms with Gasteiger partial charge >= 0.3 is 6.18 Å². The van der Waals surface area contributed by atoms with E-state index in [4.69, 9.17) is 11.0 Å². The average molecular weight is 251 g/mol. The first-order valence-corrected chi connectivity index (χ1v) is 4.29. The second-order valence-corrected chi connectivity index (χ2v) is 3.10. The van der Waals surface area contributed by atoms with E-state index in [-0.39, 0.29) is 12.1 Å². The number of halogens is 5. The number of hydrogen-bond donors (Lipinski definition) is 1. The zero-order valence-corrected chi connectivity index (χ0v) is 8.22. The van der Waals surface area contributed by atoms with Crippen LogP contribution in [0.3, 0.4) is 0 Å². The highest BCUT2D eigenvalue weighted by Gasteiger charge is 2.39. The molecule has 3 nitrogen and oxygen atoms in total. The van der Waals surface area contributed by atoms with Gasteiger partial charge in [0.1, 0.15) is 11.4 Å². The van der Waals surface area contributed by atoms with Gasteiger partial charge in [-0.1, -0.05) is 0 Å². The third-order valence-electron chi connectivity index (χ3n) is 1.91. The Kier molecular flexibility index (Phi) is 3.50. The molecular formula is C9H6F5N3. The number of nitrogens with zero attached hydrogens (tertiary/aromatic N) is 2. The lowest BCUT2D eigenvalue weighted by molar-refractivity contribution is -0.139. The van der Waals surface area contributed by atoms with Crippen molar-refractivity contribution >= 4 is 5.82 Å². The summed E-state index contributed by atoms with van der Waals surface area (Å²) in [5.41, 5.74) is 1.89. The first-order chi connectivity index (χ1) is 7.77. The van der Waals surface area contributed by atoms with Crippen molar-refractivity contribution in [1.29, 1.82) is 5.26 Å². The minimum Gasteiger partial charge on any atom is -0.383 e. The summed E-state index contributed by atoms with van der Waals surface area (Å²) in [6.45, 7) is 0. The van der Waals surface area contributed by atoms with Crippen molar-refractivity contribution in [1.82, 2.24) is 4.98 Å². The highest BCUT2D eigenvalue weighted by molar-refractivity contribution is 5.49. The van der Waals surface area contributed by atoms with Gasteiger partial charge in [0, 0.05) is 5.56 Å². The van der Waals surface area contributed by atoms with E-state index in [9.17, 15) is 22.0 Å². The topological polar surface area (TPSA) is 62.7 Å². The molecule has 0 aromatic carbocycles. The fraction of sp³-hybridized carbons (Fsp3) is 0.333. The van der Waals surface area contributed by atoms with Crippen LogP contribution in [-0.4, -0.2) is 4.98 Å². The van der Waals surface area contributed by atoms with Crippen LogP contribution < -0.4 is 5.73 Å². The van der Waals surface area contributed by atoms with Crippen molar-refractivity contribution in [2.45, 2.75) is 19.0 Å². The van der Waals surface area contributed by atoms with Gasteiger partial charge in [-0.15, -0.1) is 0 Å². The normalized spacial score (nSPS) is 11.6. The molecule has 0 aliphatic rings. The molecule has 1 aromatic rings. The summed E-state index contributed by atoms with van der Waals surface area (Å²) in [6, 6.07) is 2.14. The molecule has 0 unspecified atom stereocenters. The molecule has 2 N–H and O–H groups in total. The molecule has 1 aromatic heterocycles. The van der Waals surface area contributed by atoms with Gasteiger partial charge in [0.05, 0.1) is 18.2 Å². The summed E-state index contributed by atoms with van der Waals surface area (Å²) in [4.78, 5) is 3.27. The monoisotopic (exact) mass is 251 g/mol. The van der Waals surface area contributed by atoms with Crippen LogP contribution >= 0.6 is 0 Å². The van der Waals surface area contributed by atoms with Gasteiger partial charge in [-0.05, 0) is 6.07 Å². The Hall–Kier alpha value is -1.91. The molecule has 0 radical (unpaired) electrons. The molecule has 0 bridgehead atoms. The third kappa shape index (κ3) is 2.81. The molecule has 1 heterocycles. The van der Waals surface area contributed by atoms with Crippen LogP contribution in [0.4, 0.5) is 27.8 Å². The predicted molar refractivity (Wildman–Crippen MR) is 47.9 cm³/mol. The second-order valence-electron chi connectivity index (χ2n) is 3.10. The largest absolute Gasteiger partial charge is 0.420 e. The van der Waals surface area contributed by atoms with Crippen molar-refractivity contribution < 1.29 is 22.0 Å². The average Bonchev–Trinajstić information content (AvgIpc) is 2.14. The van der Waals surface area contributed by atoms with Crippen molar-refractivity contribution in [3.63, 3.8) is 0 Å². The number of nitrogens with two attached hydrogens (primary N) is 1. The van der Waals surface area contributed by atoms with Crippen LogP contribution in [0.1, 0.15) is 23.2 Å². The van der Waals surface area contributed by atoms with Gasteiger partial charge in [0.2, 0.25) is 0 Å². The van der Waals surface area contributed by atoms with Crippen molar-refractivity contribution in [3.8, 4) is 6.07 Å². The molecule has 0 amide bonds. The molecular weight excluding hydrogens is 245 g/mol. The lowest BCUT2D eigenvalue weighted by atomic mass is 10.1. The Morgan fingerprint density at radius 1 is 1.41 bits per heavy atom. The van der Waals surface area contributed by atoms with Crippen LogP contribution in [-0.2, 0) is 12.6 Å². The maximum Gasteiger partial charge on any atom is 0.420 e. The molecule has 0 aliphatic heterocycles. The third-order valence-corrected chi connectivity index (χ3v) is 1.91. The number of alkyl halides is 5. The van der Waals surface area contributed by atoms with Crippen LogP contribution in [0.2, 0.25) is 0 Å². The van der Waals surface area contributed by atoms with Crippen LogP contribution in [0.5, 0.6) is 0 Å². The molecule has 0 atom stereocenters. The molecule has 0 aliphatic carbocycles. The summed E-state index contributed by atoms with van der Waals surface area (Å²) >= 11 is 0. The zero-order chi connectivity index (χ0) is 13.2. The van der Waals surface area contributed by atoms with Gasteiger partial charge < -0.3 is 5.73 Å². The summed E-state index contributed by atoms with van der Waals surface area (Å²) in [7, 11) is 0. The van der Waals surface area contributed by atoms with Gasteiger partial charge in [-0.25, -0.2) is 13.8 Å². The van der Waals surface area contributed by atoms with E-state index >= 15 is 0 Å². The lowest BCUT2D eigenvalue weighted by Crippen LogP contribution is -2.15. The van der Waals surface area contributed by atoms with Crippen molar-refractivity contribution in [3.05, 3.63) is 22.9 Å². The van der Waals surface area contributed by atoms with E-state index in [1.54, 1.807) is 6.07 Å². The quantitative estimate of drug-likeness (QED) is 0.822.